The molecule has 176 valence electrons. The van der Waals surface area contributed by atoms with Crippen molar-refractivity contribution in [2.24, 2.45) is 5.73 Å². The number of pyridine rings is 1. The average Bonchev–Trinajstić information content (AvgIpc) is 3.07. The average molecular weight is 474 g/mol. The molecule has 1 aromatic heterocycles. The molecule has 1 aliphatic heterocycles. The maximum atomic E-state index is 13.0. The highest BCUT2D eigenvalue weighted by molar-refractivity contribution is 6.17. The third kappa shape index (κ3) is 5.82. The summed E-state index contributed by atoms with van der Waals surface area (Å²) in [5.74, 6) is -0.663. The van der Waals surface area contributed by atoms with E-state index >= 15 is 0 Å². The fraction of sp³-hybridized carbons (Fsp3) is 0.417. The van der Waals surface area contributed by atoms with Gasteiger partial charge in [0, 0.05) is 36.0 Å². The number of aromatic nitrogens is 1. The lowest BCUT2D eigenvalue weighted by Crippen LogP contribution is -2.45. The molecular weight excluding hydrogens is 446 g/mol. The third-order valence-corrected chi connectivity index (χ3v) is 5.51. The van der Waals surface area contributed by atoms with Gasteiger partial charge in [-0.25, -0.2) is 4.98 Å². The molecule has 3 rings (SSSR count). The van der Waals surface area contributed by atoms with Gasteiger partial charge in [-0.2, -0.15) is 0 Å². The van der Waals surface area contributed by atoms with Gasteiger partial charge in [0.05, 0.1) is 12.8 Å². The Balaban J connectivity index is 1.82. The second-order valence-electron chi connectivity index (χ2n) is 8.88. The highest BCUT2D eigenvalue weighted by atomic mass is 35.5. The van der Waals surface area contributed by atoms with Crippen LogP contribution < -0.4 is 10.5 Å². The largest absolute Gasteiger partial charge is 0.481 e. The molecule has 0 bridgehead atoms. The monoisotopic (exact) mass is 473 g/mol. The number of hydrogen-bond acceptors (Lipinski definition) is 6. The molecule has 2 heterocycles. The van der Waals surface area contributed by atoms with E-state index in [1.165, 1.54) is 12.0 Å². The number of nitrogens with zero attached hydrogens (tertiary/aromatic N) is 2. The number of hydrogen-bond donors (Lipinski definition) is 1. The Morgan fingerprint density at radius 1 is 1.24 bits per heavy atom. The topological polar surface area (TPSA) is 112 Å². The van der Waals surface area contributed by atoms with Gasteiger partial charge in [-0.05, 0) is 56.5 Å². The van der Waals surface area contributed by atoms with E-state index in [1.54, 1.807) is 39.0 Å². The van der Waals surface area contributed by atoms with Crippen molar-refractivity contribution in [1.82, 2.24) is 9.88 Å². The van der Waals surface area contributed by atoms with Gasteiger partial charge in [0.2, 0.25) is 11.8 Å². The van der Waals surface area contributed by atoms with Crippen LogP contribution in [-0.2, 0) is 26.8 Å². The van der Waals surface area contributed by atoms with Crippen molar-refractivity contribution in [3.05, 3.63) is 47.0 Å². The van der Waals surface area contributed by atoms with Gasteiger partial charge in [0.1, 0.15) is 11.6 Å². The van der Waals surface area contributed by atoms with Crippen LogP contribution in [0, 0.1) is 0 Å². The minimum absolute atomic E-state index is 0.0226. The molecule has 0 saturated carbocycles. The van der Waals surface area contributed by atoms with Crippen LogP contribution in [0.25, 0.3) is 11.3 Å². The summed E-state index contributed by atoms with van der Waals surface area (Å²) in [6, 6.07) is 8.06. The number of carbonyl (C=O) groups excluding carboxylic acids is 3. The lowest BCUT2D eigenvalue weighted by atomic mass is 10.0. The number of halogens is 1. The van der Waals surface area contributed by atoms with Crippen LogP contribution >= 0.6 is 11.6 Å². The minimum Gasteiger partial charge on any atom is -0.481 e. The Morgan fingerprint density at radius 2 is 1.97 bits per heavy atom. The summed E-state index contributed by atoms with van der Waals surface area (Å²) in [4.78, 5) is 43.1. The summed E-state index contributed by atoms with van der Waals surface area (Å²) in [6.07, 6.45) is 0.0680. The van der Waals surface area contributed by atoms with Crippen LogP contribution in [0.1, 0.15) is 55.1 Å². The van der Waals surface area contributed by atoms with E-state index in [9.17, 15) is 14.4 Å². The maximum absolute atomic E-state index is 13.0. The number of primary amides is 1. The van der Waals surface area contributed by atoms with Crippen molar-refractivity contribution in [3.8, 4) is 17.1 Å². The normalized spacial score (nSPS) is 14.1. The predicted octanol–water partition coefficient (Wildman–Crippen LogP) is 3.43. The van der Waals surface area contributed by atoms with Crippen LogP contribution in [0.5, 0.6) is 5.88 Å². The Hall–Kier alpha value is -3.13. The van der Waals surface area contributed by atoms with Gasteiger partial charge in [-0.15, -0.1) is 11.6 Å². The van der Waals surface area contributed by atoms with Crippen LogP contribution in [0.4, 0.5) is 0 Å². The minimum atomic E-state index is -0.918. The number of benzene rings is 1. The third-order valence-electron chi connectivity index (χ3n) is 5.20. The summed E-state index contributed by atoms with van der Waals surface area (Å²) in [6.45, 7) is 5.50. The van der Waals surface area contributed by atoms with E-state index < -0.39 is 23.5 Å². The number of ether oxygens (including phenoxy) is 2. The van der Waals surface area contributed by atoms with Gasteiger partial charge in [-0.1, -0.05) is 6.07 Å². The molecule has 0 aliphatic carbocycles. The second kappa shape index (κ2) is 9.79. The fourth-order valence-electron chi connectivity index (χ4n) is 3.74. The summed E-state index contributed by atoms with van der Waals surface area (Å²) in [5.41, 5.74) is 8.50. The lowest BCUT2D eigenvalue weighted by Gasteiger charge is -2.25. The zero-order valence-electron chi connectivity index (χ0n) is 19.2. The molecule has 0 spiro atoms. The molecule has 1 unspecified atom stereocenters. The summed E-state index contributed by atoms with van der Waals surface area (Å²) >= 11 is 5.99. The lowest BCUT2D eigenvalue weighted by molar-refractivity contribution is -0.155. The molecule has 8 nitrogen and oxygen atoms in total. The molecule has 9 heteroatoms. The molecule has 1 aliphatic rings. The number of methoxy groups -OCH3 is 1. The second-order valence-corrected chi connectivity index (χ2v) is 9.15. The van der Waals surface area contributed by atoms with Crippen molar-refractivity contribution >= 4 is 29.4 Å². The van der Waals surface area contributed by atoms with Crippen molar-refractivity contribution in [2.45, 2.75) is 57.7 Å². The Labute approximate surface area is 198 Å². The molecule has 0 radical (unpaired) electrons. The van der Waals surface area contributed by atoms with E-state index in [-0.39, 0.29) is 25.3 Å². The first-order chi connectivity index (χ1) is 15.5. The number of nitrogens with two attached hydrogens (primary N) is 1. The van der Waals surface area contributed by atoms with Crippen LogP contribution in [0.15, 0.2) is 30.3 Å². The molecule has 2 aromatic rings. The fourth-order valence-corrected chi connectivity index (χ4v) is 3.90. The zero-order chi connectivity index (χ0) is 24.3. The molecule has 1 atom stereocenters. The molecule has 1 aromatic carbocycles. The first-order valence-corrected chi connectivity index (χ1v) is 11.1. The van der Waals surface area contributed by atoms with Gasteiger partial charge < -0.3 is 20.1 Å². The van der Waals surface area contributed by atoms with E-state index in [1.807, 2.05) is 12.1 Å². The molecule has 2 N–H and O–H groups in total. The van der Waals surface area contributed by atoms with Gasteiger partial charge in [-0.3, -0.25) is 14.4 Å². The highest BCUT2D eigenvalue weighted by Crippen LogP contribution is 2.31. The number of carbonyl (C=O) groups is 3. The van der Waals surface area contributed by atoms with Gasteiger partial charge in [0.15, 0.2) is 0 Å². The number of fused-ring (bicyclic) bond motifs is 1. The zero-order valence-corrected chi connectivity index (χ0v) is 19.9. The van der Waals surface area contributed by atoms with Crippen molar-refractivity contribution in [3.63, 3.8) is 0 Å². The number of rotatable bonds is 8. The van der Waals surface area contributed by atoms with Crippen LogP contribution in [0.2, 0.25) is 0 Å². The summed E-state index contributed by atoms with van der Waals surface area (Å²) in [7, 11) is 1.53. The summed E-state index contributed by atoms with van der Waals surface area (Å²) in [5, 5.41) is 0. The molecule has 33 heavy (non-hydrogen) atoms. The van der Waals surface area contributed by atoms with E-state index in [4.69, 9.17) is 26.8 Å². The smallest absolute Gasteiger partial charge is 0.306 e. The van der Waals surface area contributed by atoms with Crippen LogP contribution in [-0.4, -0.2) is 46.4 Å². The van der Waals surface area contributed by atoms with E-state index in [2.05, 4.69) is 4.98 Å². The number of alkyl halides is 1. The molecule has 0 fully saturated rings. The number of esters is 1. The van der Waals surface area contributed by atoms with E-state index in [0.717, 1.165) is 16.7 Å². The molecule has 2 amide bonds. The van der Waals surface area contributed by atoms with Crippen molar-refractivity contribution in [1.29, 1.82) is 0 Å². The maximum Gasteiger partial charge on any atom is 0.306 e. The predicted molar refractivity (Wildman–Crippen MR) is 124 cm³/mol. The Kier molecular flexibility index (Phi) is 7.27. The van der Waals surface area contributed by atoms with Crippen LogP contribution in [0.3, 0.4) is 0 Å². The van der Waals surface area contributed by atoms with Gasteiger partial charge >= 0.3 is 5.97 Å². The first kappa shape index (κ1) is 24.5. The van der Waals surface area contributed by atoms with Crippen molar-refractivity contribution in [2.75, 3.05) is 7.11 Å². The molecular formula is C24H28ClN3O5. The Bertz CT molecular complexity index is 1060. The quantitative estimate of drug-likeness (QED) is 0.464. The van der Waals surface area contributed by atoms with E-state index in [0.29, 0.717) is 23.0 Å². The molecule has 0 saturated heterocycles. The first-order valence-electron chi connectivity index (χ1n) is 10.6. The summed E-state index contributed by atoms with van der Waals surface area (Å²) < 4.78 is 10.6. The standard InChI is InChI=1S/C24H28ClN3O5/c1-24(2,3)33-21(29)8-7-19(22(26)30)28-13-16-11-15(5-6-17(16)23(28)31)18-9-14(12-25)10-20(27-18)32-4/h5-6,9-11,19H,7-8,12-13H2,1-4H3,(H2,26,30). The van der Waals surface area contributed by atoms with Gasteiger partial charge in [0.25, 0.3) is 5.91 Å². The number of amides is 2. The highest BCUT2D eigenvalue weighted by Gasteiger charge is 2.36. The Morgan fingerprint density at radius 3 is 2.58 bits per heavy atom. The SMILES string of the molecule is COc1cc(CCl)cc(-c2ccc3c(c2)CN(C(CCC(=O)OC(C)(C)C)C(N)=O)C3=O)n1. The van der Waals surface area contributed by atoms with Crippen molar-refractivity contribution < 1.29 is 23.9 Å².